The van der Waals surface area contributed by atoms with E-state index >= 15 is 4.39 Å². The highest BCUT2D eigenvalue weighted by Gasteiger charge is 2.60. The number of piperazine rings is 1. The molecular weight excluding hydrogens is 663 g/mol. The molecule has 258 valence electrons. The van der Waals surface area contributed by atoms with Crippen molar-refractivity contribution >= 4 is 22.5 Å². The zero-order valence-electron chi connectivity index (χ0n) is 25.0. The number of rotatable bonds is 4. The van der Waals surface area contributed by atoms with E-state index in [0.717, 1.165) is 6.92 Å². The fourth-order valence-corrected chi connectivity index (χ4v) is 8.04. The van der Waals surface area contributed by atoms with Gasteiger partial charge in [0.1, 0.15) is 34.8 Å². The second-order valence-electron chi connectivity index (χ2n) is 13.2. The predicted molar refractivity (Wildman–Crippen MR) is 150 cm³/mol. The third-order valence-electron chi connectivity index (χ3n) is 10.1. The van der Waals surface area contributed by atoms with Gasteiger partial charge in [-0.3, -0.25) is 4.90 Å². The number of fused-ring (bicyclic) bond motifs is 6. The van der Waals surface area contributed by atoms with Crippen LogP contribution in [-0.4, -0.2) is 92.9 Å². The Bertz CT molecular complexity index is 1840. The van der Waals surface area contributed by atoms with Gasteiger partial charge in [-0.15, -0.1) is 0 Å². The van der Waals surface area contributed by atoms with E-state index in [1.807, 2.05) is 0 Å². The van der Waals surface area contributed by atoms with Crippen LogP contribution >= 0.6 is 0 Å². The van der Waals surface area contributed by atoms with Gasteiger partial charge in [-0.05, 0) is 32.3 Å². The number of aromatic nitrogens is 4. The van der Waals surface area contributed by atoms with E-state index in [2.05, 4.69) is 25.3 Å². The summed E-state index contributed by atoms with van der Waals surface area (Å²) in [5, 5.41) is 2.75. The van der Waals surface area contributed by atoms with Crippen molar-refractivity contribution in [3.63, 3.8) is 0 Å². The standard InChI is InChI=1S/C29H27F9N8O2/c1-11-17(28(33,34)35)13(6-15(39)40-11)19-18(30)20-16-23(44-25(43-20)47-10-26-4-5-45(26)9-27(31,32)8-26)46-7-12-2-3-14(41-12)21(46)22(29(36,37)38)48-24(16)42-19/h6,12,14,21-22,41H,2-5,7-10H2,1H3,(H2,39,40)/t12-,14+,21+,22-,26-/m1/s1. The van der Waals surface area contributed by atoms with Crippen molar-refractivity contribution in [1.29, 1.82) is 0 Å². The zero-order chi connectivity index (χ0) is 34.1. The molecule has 48 heavy (non-hydrogen) atoms. The van der Waals surface area contributed by atoms with Crippen LogP contribution in [0.5, 0.6) is 11.9 Å². The van der Waals surface area contributed by atoms with Crippen molar-refractivity contribution in [1.82, 2.24) is 30.2 Å². The maximum Gasteiger partial charge on any atom is 0.427 e. The van der Waals surface area contributed by atoms with Crippen LogP contribution < -0.4 is 25.4 Å². The Balaban J connectivity index is 1.35. The molecule has 19 heteroatoms. The van der Waals surface area contributed by atoms with Crippen LogP contribution in [0.15, 0.2) is 6.07 Å². The Morgan fingerprint density at radius 1 is 1.10 bits per heavy atom. The van der Waals surface area contributed by atoms with Crippen LogP contribution in [0, 0.1) is 12.7 Å². The first kappa shape index (κ1) is 31.4. The molecule has 5 aliphatic heterocycles. The fraction of sp³-hybridized carbons (Fsp3) is 0.586. The average molecular weight is 691 g/mol. The number of nitrogens with zero attached hydrogens (tertiary/aromatic N) is 6. The van der Waals surface area contributed by atoms with E-state index in [-0.39, 0.29) is 25.0 Å². The van der Waals surface area contributed by atoms with Gasteiger partial charge >= 0.3 is 18.4 Å². The number of hydrogen-bond donors (Lipinski definition) is 2. The van der Waals surface area contributed by atoms with Gasteiger partial charge in [0.25, 0.3) is 5.92 Å². The topological polar surface area (TPSA) is 115 Å². The molecule has 3 aromatic rings. The molecule has 8 rings (SSSR count). The summed E-state index contributed by atoms with van der Waals surface area (Å²) in [6.45, 7) is 0.566. The molecule has 5 atom stereocenters. The number of pyridine rings is 2. The maximum absolute atomic E-state index is 16.7. The van der Waals surface area contributed by atoms with Crippen molar-refractivity contribution in [3.8, 4) is 23.1 Å². The SMILES string of the molecule is Cc1nc(N)cc(-c2nc3c4c(nc(OC[C@]56CCN5CC(F)(F)C6)nc4c2F)N2C[C@H]4CC[C@H](N4)[C@H]2[C@H](C(F)(F)F)O3)c1C(F)(F)F. The highest BCUT2D eigenvalue weighted by molar-refractivity contribution is 5.97. The van der Waals surface area contributed by atoms with Crippen molar-refractivity contribution in [2.24, 2.45) is 0 Å². The van der Waals surface area contributed by atoms with Gasteiger partial charge in [-0.25, -0.2) is 23.1 Å². The van der Waals surface area contributed by atoms with Crippen LogP contribution in [0.25, 0.3) is 22.2 Å². The van der Waals surface area contributed by atoms with E-state index in [1.165, 1.54) is 4.90 Å². The highest BCUT2D eigenvalue weighted by Crippen LogP contribution is 2.50. The quantitative estimate of drug-likeness (QED) is 0.376. The van der Waals surface area contributed by atoms with Crippen molar-refractivity contribution in [2.45, 2.75) is 80.7 Å². The number of nitrogen functional groups attached to an aromatic ring is 1. The summed E-state index contributed by atoms with van der Waals surface area (Å²) < 4.78 is 144. The smallest absolute Gasteiger partial charge is 0.427 e. The highest BCUT2D eigenvalue weighted by atomic mass is 19.4. The number of anilines is 2. The van der Waals surface area contributed by atoms with Crippen LogP contribution in [0.4, 0.5) is 51.1 Å². The molecule has 4 saturated heterocycles. The number of alkyl halides is 8. The summed E-state index contributed by atoms with van der Waals surface area (Å²) in [6, 6.07) is -2.27. The minimum atomic E-state index is -5.10. The lowest BCUT2D eigenvalue weighted by molar-refractivity contribution is -0.203. The lowest BCUT2D eigenvalue weighted by atomic mass is 9.85. The van der Waals surface area contributed by atoms with E-state index in [1.54, 1.807) is 4.90 Å². The van der Waals surface area contributed by atoms with E-state index in [0.29, 0.717) is 31.9 Å². The second kappa shape index (κ2) is 10.1. The van der Waals surface area contributed by atoms with Crippen molar-refractivity contribution in [3.05, 3.63) is 23.1 Å². The summed E-state index contributed by atoms with van der Waals surface area (Å²) in [4.78, 5) is 19.0. The van der Waals surface area contributed by atoms with Gasteiger partial charge in [0.15, 0.2) is 5.82 Å². The van der Waals surface area contributed by atoms with E-state index in [4.69, 9.17) is 15.2 Å². The molecular formula is C29H27F9N8O2. The minimum absolute atomic E-state index is 0.00624. The van der Waals surface area contributed by atoms with Crippen molar-refractivity contribution in [2.75, 3.05) is 36.9 Å². The van der Waals surface area contributed by atoms with Gasteiger partial charge in [0, 0.05) is 37.2 Å². The molecule has 8 heterocycles. The van der Waals surface area contributed by atoms with Gasteiger partial charge in [-0.2, -0.15) is 36.3 Å². The molecule has 3 aromatic heterocycles. The first-order chi connectivity index (χ1) is 22.4. The van der Waals surface area contributed by atoms with E-state index in [9.17, 15) is 35.1 Å². The Morgan fingerprint density at radius 3 is 2.54 bits per heavy atom. The molecule has 10 nitrogen and oxygen atoms in total. The van der Waals surface area contributed by atoms with Gasteiger partial charge < -0.3 is 25.4 Å². The monoisotopic (exact) mass is 690 g/mol. The molecule has 0 unspecified atom stereocenters. The third-order valence-corrected chi connectivity index (χ3v) is 10.1. The van der Waals surface area contributed by atoms with Gasteiger partial charge in [0.2, 0.25) is 12.0 Å². The minimum Gasteiger partial charge on any atom is -0.462 e. The third kappa shape index (κ3) is 4.78. The molecule has 0 spiro atoms. The molecule has 3 N–H and O–H groups in total. The van der Waals surface area contributed by atoms with Crippen molar-refractivity contribution < 1.29 is 49.0 Å². The number of aryl methyl sites for hydroxylation is 1. The number of nitrogens with two attached hydrogens (primary N) is 1. The molecule has 0 saturated carbocycles. The normalized spacial score (nSPS) is 29.2. The van der Waals surface area contributed by atoms with Crippen LogP contribution in [-0.2, 0) is 6.18 Å². The van der Waals surface area contributed by atoms with Crippen LogP contribution in [0.3, 0.4) is 0 Å². The fourth-order valence-electron chi connectivity index (χ4n) is 8.04. The molecule has 0 aliphatic carbocycles. The number of nitrogens with one attached hydrogen (secondary N) is 1. The zero-order valence-corrected chi connectivity index (χ0v) is 25.0. The van der Waals surface area contributed by atoms with Crippen LogP contribution in [0.2, 0.25) is 0 Å². The average Bonchev–Trinajstić information content (AvgIpc) is 3.38. The summed E-state index contributed by atoms with van der Waals surface area (Å²) in [6.07, 6.45) is -11.9. The lowest BCUT2D eigenvalue weighted by Crippen LogP contribution is -2.66. The molecule has 0 amide bonds. The lowest BCUT2D eigenvalue weighted by Gasteiger charge is -2.46. The predicted octanol–water partition coefficient (Wildman–Crippen LogP) is 4.63. The number of halogens is 9. The molecule has 2 bridgehead atoms. The van der Waals surface area contributed by atoms with Crippen LogP contribution in [0.1, 0.15) is 36.9 Å². The summed E-state index contributed by atoms with van der Waals surface area (Å²) in [5.41, 5.74) is 0.0114. The summed E-state index contributed by atoms with van der Waals surface area (Å²) in [5.74, 6) is -5.90. The Morgan fingerprint density at radius 2 is 1.88 bits per heavy atom. The maximum atomic E-state index is 16.7. The first-order valence-electron chi connectivity index (χ1n) is 15.2. The van der Waals surface area contributed by atoms with E-state index < -0.39 is 112 Å². The largest absolute Gasteiger partial charge is 0.462 e. The second-order valence-corrected chi connectivity index (χ2v) is 13.2. The van der Waals surface area contributed by atoms with Gasteiger partial charge in [-0.1, -0.05) is 0 Å². The molecule has 5 aliphatic rings. The Kier molecular flexibility index (Phi) is 6.60. The van der Waals surface area contributed by atoms with Gasteiger partial charge in [0.05, 0.1) is 29.4 Å². The Labute approximate surface area is 265 Å². The molecule has 0 radical (unpaired) electrons. The number of ether oxygens (including phenoxy) is 2. The number of hydrogen-bond acceptors (Lipinski definition) is 10. The summed E-state index contributed by atoms with van der Waals surface area (Å²) in [7, 11) is 0. The molecule has 4 fully saturated rings. The molecule has 0 aromatic carbocycles. The first-order valence-corrected chi connectivity index (χ1v) is 15.2. The Hall–Kier alpha value is -3.87. The summed E-state index contributed by atoms with van der Waals surface area (Å²) >= 11 is 0.